The highest BCUT2D eigenvalue weighted by atomic mass is 16.2. The summed E-state index contributed by atoms with van der Waals surface area (Å²) >= 11 is 0. The molecule has 0 aliphatic rings. The van der Waals surface area contributed by atoms with Gasteiger partial charge in [0.15, 0.2) is 5.65 Å². The van der Waals surface area contributed by atoms with E-state index in [1.807, 2.05) is 44.2 Å². The SMILES string of the molecule is Cc1nc2c(C(N)=O)cnn2c(C)c1CCC(=O)Nc1ccc(N=Nc2ccccc2)cc1. The van der Waals surface area contributed by atoms with Gasteiger partial charge in [-0.2, -0.15) is 15.3 Å². The fourth-order valence-corrected chi connectivity index (χ4v) is 3.53. The second-order valence-electron chi connectivity index (χ2n) is 7.55. The summed E-state index contributed by atoms with van der Waals surface area (Å²) in [5.74, 6) is -0.693. The molecule has 2 aromatic carbocycles. The highest BCUT2D eigenvalue weighted by Crippen LogP contribution is 2.21. The summed E-state index contributed by atoms with van der Waals surface area (Å²) in [5, 5.41) is 15.5. The highest BCUT2D eigenvalue weighted by Gasteiger charge is 2.17. The van der Waals surface area contributed by atoms with Gasteiger partial charge in [-0.25, -0.2) is 9.50 Å². The molecule has 0 aliphatic carbocycles. The molecule has 166 valence electrons. The monoisotopic (exact) mass is 441 g/mol. The van der Waals surface area contributed by atoms with Crippen molar-refractivity contribution < 1.29 is 9.59 Å². The molecule has 3 N–H and O–H groups in total. The van der Waals surface area contributed by atoms with Crippen molar-refractivity contribution >= 4 is 34.5 Å². The van der Waals surface area contributed by atoms with Gasteiger partial charge >= 0.3 is 0 Å². The van der Waals surface area contributed by atoms with Crippen LogP contribution in [0.15, 0.2) is 71.0 Å². The van der Waals surface area contributed by atoms with Crippen molar-refractivity contribution in [2.24, 2.45) is 16.0 Å². The number of anilines is 1. The second kappa shape index (κ2) is 9.39. The summed E-state index contributed by atoms with van der Waals surface area (Å²) < 4.78 is 1.59. The van der Waals surface area contributed by atoms with Gasteiger partial charge in [-0.3, -0.25) is 9.59 Å². The van der Waals surface area contributed by atoms with Crippen LogP contribution in [-0.4, -0.2) is 26.4 Å². The quantitative estimate of drug-likeness (QED) is 0.411. The first-order chi connectivity index (χ1) is 15.9. The Morgan fingerprint density at radius 1 is 1.00 bits per heavy atom. The van der Waals surface area contributed by atoms with Gasteiger partial charge in [-0.15, -0.1) is 0 Å². The van der Waals surface area contributed by atoms with Gasteiger partial charge in [0, 0.05) is 23.5 Å². The van der Waals surface area contributed by atoms with E-state index < -0.39 is 5.91 Å². The van der Waals surface area contributed by atoms with Crippen LogP contribution in [0.25, 0.3) is 5.65 Å². The van der Waals surface area contributed by atoms with Gasteiger partial charge in [-0.05, 0) is 62.2 Å². The van der Waals surface area contributed by atoms with E-state index in [4.69, 9.17) is 5.73 Å². The van der Waals surface area contributed by atoms with Crippen LogP contribution in [0.3, 0.4) is 0 Å². The topological polar surface area (TPSA) is 127 Å². The zero-order chi connectivity index (χ0) is 23.4. The minimum atomic E-state index is -0.573. The number of hydrogen-bond acceptors (Lipinski definition) is 6. The zero-order valence-electron chi connectivity index (χ0n) is 18.3. The Labute approximate surface area is 190 Å². The summed E-state index contributed by atoms with van der Waals surface area (Å²) in [6.45, 7) is 3.73. The first-order valence-electron chi connectivity index (χ1n) is 10.4. The molecule has 33 heavy (non-hydrogen) atoms. The van der Waals surface area contributed by atoms with E-state index in [1.54, 1.807) is 28.8 Å². The summed E-state index contributed by atoms with van der Waals surface area (Å²) in [6, 6.07) is 16.6. The van der Waals surface area contributed by atoms with Crippen molar-refractivity contribution in [2.45, 2.75) is 26.7 Å². The predicted octanol–water partition coefficient (Wildman–Crippen LogP) is 4.43. The van der Waals surface area contributed by atoms with E-state index in [9.17, 15) is 9.59 Å². The molecular formula is C24H23N7O2. The lowest BCUT2D eigenvalue weighted by atomic mass is 10.1. The van der Waals surface area contributed by atoms with Crippen molar-refractivity contribution in [3.63, 3.8) is 0 Å². The number of nitrogens with one attached hydrogen (secondary N) is 1. The van der Waals surface area contributed by atoms with Crippen LogP contribution in [0, 0.1) is 13.8 Å². The molecule has 2 amide bonds. The maximum atomic E-state index is 12.5. The summed E-state index contributed by atoms with van der Waals surface area (Å²) in [4.78, 5) is 28.5. The van der Waals surface area contributed by atoms with Crippen molar-refractivity contribution in [3.05, 3.63) is 83.3 Å². The number of carbonyl (C=O) groups excluding carboxylic acids is 2. The molecule has 0 saturated heterocycles. The van der Waals surface area contributed by atoms with Gasteiger partial charge < -0.3 is 11.1 Å². The van der Waals surface area contributed by atoms with E-state index >= 15 is 0 Å². The predicted molar refractivity (Wildman–Crippen MR) is 125 cm³/mol. The van der Waals surface area contributed by atoms with Gasteiger partial charge in [0.25, 0.3) is 5.91 Å². The Balaban J connectivity index is 1.39. The maximum absolute atomic E-state index is 12.5. The van der Waals surface area contributed by atoms with Crippen LogP contribution < -0.4 is 11.1 Å². The number of azo groups is 1. The Kier molecular flexibility index (Phi) is 6.21. The molecule has 2 aromatic heterocycles. The lowest BCUT2D eigenvalue weighted by Gasteiger charge is -2.11. The molecule has 0 saturated carbocycles. The third-order valence-corrected chi connectivity index (χ3v) is 5.26. The average molecular weight is 441 g/mol. The lowest BCUT2D eigenvalue weighted by molar-refractivity contribution is -0.116. The number of nitrogens with two attached hydrogens (primary N) is 1. The van der Waals surface area contributed by atoms with Crippen molar-refractivity contribution in [1.82, 2.24) is 14.6 Å². The molecular weight excluding hydrogens is 418 g/mol. The third kappa shape index (κ3) is 4.93. The molecule has 0 bridgehead atoms. The van der Waals surface area contributed by atoms with Crippen LogP contribution >= 0.6 is 0 Å². The number of nitrogens with zero attached hydrogens (tertiary/aromatic N) is 5. The minimum Gasteiger partial charge on any atom is -0.365 e. The molecule has 0 spiro atoms. The van der Waals surface area contributed by atoms with Gasteiger partial charge in [0.1, 0.15) is 5.56 Å². The Morgan fingerprint density at radius 2 is 1.67 bits per heavy atom. The standard InChI is InChI=1S/C24H23N7O2/c1-15-20(16(2)31-24(27-15)21(14-26-31)23(25)33)12-13-22(32)28-17-8-10-19(11-9-17)30-29-18-6-4-3-5-7-18/h3-11,14H,12-13H2,1-2H3,(H2,25,33)(H,28,32). The summed E-state index contributed by atoms with van der Waals surface area (Å²) in [5.41, 5.74) is 10.7. The number of aryl methyl sites for hydroxylation is 2. The third-order valence-electron chi connectivity index (χ3n) is 5.26. The van der Waals surface area contributed by atoms with Crippen LogP contribution in [0.2, 0.25) is 0 Å². The average Bonchev–Trinajstić information content (AvgIpc) is 3.23. The van der Waals surface area contributed by atoms with Crippen LogP contribution in [-0.2, 0) is 11.2 Å². The van der Waals surface area contributed by atoms with E-state index in [2.05, 4.69) is 25.6 Å². The maximum Gasteiger partial charge on any atom is 0.254 e. The van der Waals surface area contributed by atoms with Crippen LogP contribution in [0.4, 0.5) is 17.1 Å². The normalized spacial score (nSPS) is 11.2. The van der Waals surface area contributed by atoms with E-state index in [-0.39, 0.29) is 17.9 Å². The molecule has 4 aromatic rings. The molecule has 0 unspecified atom stereocenters. The fraction of sp³-hybridized carbons (Fsp3) is 0.167. The Hall–Kier alpha value is -4.40. The molecule has 2 heterocycles. The number of benzene rings is 2. The van der Waals surface area contributed by atoms with Gasteiger partial charge in [-0.1, -0.05) is 18.2 Å². The van der Waals surface area contributed by atoms with Crippen LogP contribution in [0.1, 0.15) is 33.7 Å². The largest absolute Gasteiger partial charge is 0.365 e. The lowest BCUT2D eigenvalue weighted by Crippen LogP contribution is -2.15. The molecule has 4 rings (SSSR count). The molecule has 9 nitrogen and oxygen atoms in total. The molecule has 0 atom stereocenters. The molecule has 0 radical (unpaired) electrons. The van der Waals surface area contributed by atoms with Crippen LogP contribution in [0.5, 0.6) is 0 Å². The summed E-state index contributed by atoms with van der Waals surface area (Å²) in [7, 11) is 0. The second-order valence-corrected chi connectivity index (χ2v) is 7.55. The Bertz CT molecular complexity index is 1340. The fourth-order valence-electron chi connectivity index (χ4n) is 3.53. The van der Waals surface area contributed by atoms with Crippen molar-refractivity contribution in [3.8, 4) is 0 Å². The smallest absolute Gasteiger partial charge is 0.254 e. The first-order valence-corrected chi connectivity index (χ1v) is 10.4. The number of rotatable bonds is 7. The number of primary amides is 1. The number of carbonyl (C=O) groups is 2. The highest BCUT2D eigenvalue weighted by molar-refractivity contribution is 5.98. The van der Waals surface area contributed by atoms with Crippen molar-refractivity contribution in [2.75, 3.05) is 5.32 Å². The van der Waals surface area contributed by atoms with E-state index in [1.165, 1.54) is 6.20 Å². The van der Waals surface area contributed by atoms with E-state index in [0.29, 0.717) is 23.4 Å². The van der Waals surface area contributed by atoms with E-state index in [0.717, 1.165) is 22.6 Å². The summed E-state index contributed by atoms with van der Waals surface area (Å²) in [6.07, 6.45) is 2.17. The zero-order valence-corrected chi connectivity index (χ0v) is 18.3. The molecule has 0 aliphatic heterocycles. The number of hydrogen-bond donors (Lipinski definition) is 2. The minimum absolute atomic E-state index is 0.120. The number of amides is 2. The number of aromatic nitrogens is 3. The molecule has 9 heteroatoms. The Morgan fingerprint density at radius 3 is 2.33 bits per heavy atom. The number of fused-ring (bicyclic) bond motifs is 1. The van der Waals surface area contributed by atoms with Gasteiger partial charge in [0.2, 0.25) is 5.91 Å². The van der Waals surface area contributed by atoms with Crippen molar-refractivity contribution in [1.29, 1.82) is 0 Å². The van der Waals surface area contributed by atoms with Gasteiger partial charge in [0.05, 0.1) is 17.6 Å². The first kappa shape index (κ1) is 21.8. The molecule has 0 fully saturated rings.